The summed E-state index contributed by atoms with van der Waals surface area (Å²) >= 11 is 0. The summed E-state index contributed by atoms with van der Waals surface area (Å²) in [6.45, 7) is 4.38. The summed E-state index contributed by atoms with van der Waals surface area (Å²) in [4.78, 5) is 9.57. The predicted octanol–water partition coefficient (Wildman–Crippen LogP) is 1.29. The van der Waals surface area contributed by atoms with Crippen LogP contribution in [-0.2, 0) is 9.53 Å². The van der Waals surface area contributed by atoms with E-state index in [0.29, 0.717) is 13.1 Å². The molecular formula is C7H10O2. The summed E-state index contributed by atoms with van der Waals surface area (Å²) in [5, 5.41) is 0. The number of rotatable bonds is 5. The van der Waals surface area contributed by atoms with Crippen LogP contribution in [0.4, 0.5) is 0 Å². The van der Waals surface area contributed by atoms with Gasteiger partial charge in [0.2, 0.25) is 0 Å². The van der Waals surface area contributed by atoms with Crippen molar-refractivity contribution < 1.29 is 9.53 Å². The highest BCUT2D eigenvalue weighted by Crippen LogP contribution is 1.82. The summed E-state index contributed by atoms with van der Waals surface area (Å²) in [6.07, 6.45) is 6.14. The van der Waals surface area contributed by atoms with E-state index in [9.17, 15) is 4.79 Å². The second-order valence-corrected chi connectivity index (χ2v) is 1.42. The maximum Gasteiger partial charge on any atom is 0.293 e. The lowest BCUT2D eigenvalue weighted by atomic mass is 10.4. The van der Waals surface area contributed by atoms with Gasteiger partial charge in [-0.05, 0) is 6.42 Å². The van der Waals surface area contributed by atoms with Crippen LogP contribution >= 0.6 is 0 Å². The first-order valence-electron chi connectivity index (χ1n) is 2.74. The molecule has 0 unspecified atom stereocenters. The van der Waals surface area contributed by atoms with E-state index in [1.165, 1.54) is 0 Å². The maximum absolute atomic E-state index is 9.57. The van der Waals surface area contributed by atoms with Crippen molar-refractivity contribution in [1.82, 2.24) is 0 Å². The maximum atomic E-state index is 9.57. The van der Waals surface area contributed by atoms with E-state index in [-0.39, 0.29) is 0 Å². The van der Waals surface area contributed by atoms with Gasteiger partial charge in [0.05, 0.1) is 6.61 Å². The van der Waals surface area contributed by atoms with Gasteiger partial charge in [-0.2, -0.15) is 0 Å². The van der Waals surface area contributed by atoms with Crippen LogP contribution in [0.2, 0.25) is 0 Å². The average molecular weight is 126 g/mol. The molecule has 2 heteroatoms. The van der Waals surface area contributed by atoms with Crippen molar-refractivity contribution in [3.05, 3.63) is 24.8 Å². The van der Waals surface area contributed by atoms with Gasteiger partial charge in [-0.25, -0.2) is 0 Å². The molecule has 0 aliphatic rings. The van der Waals surface area contributed by atoms with E-state index in [2.05, 4.69) is 11.3 Å². The zero-order valence-electron chi connectivity index (χ0n) is 5.25. The van der Waals surface area contributed by atoms with Crippen LogP contribution in [-0.4, -0.2) is 13.1 Å². The molecule has 0 amide bonds. The predicted molar refractivity (Wildman–Crippen MR) is 36.0 cm³/mol. The first-order chi connectivity index (χ1) is 4.41. The van der Waals surface area contributed by atoms with Crippen molar-refractivity contribution in [2.24, 2.45) is 0 Å². The summed E-state index contributed by atoms with van der Waals surface area (Å²) in [7, 11) is 0. The van der Waals surface area contributed by atoms with Crippen LogP contribution in [0, 0.1) is 0 Å². The fourth-order valence-corrected chi connectivity index (χ4v) is 0.377. The molecule has 0 bridgehead atoms. The minimum absolute atomic E-state index is 0.446. The van der Waals surface area contributed by atoms with Crippen LogP contribution < -0.4 is 0 Å². The van der Waals surface area contributed by atoms with E-state index >= 15 is 0 Å². The monoisotopic (exact) mass is 126 g/mol. The zero-order valence-corrected chi connectivity index (χ0v) is 5.25. The third-order valence-corrected chi connectivity index (χ3v) is 0.743. The number of carbonyl (C=O) groups is 1. The number of carbonyl (C=O) groups excluding carboxylic acids is 1. The molecule has 0 saturated heterocycles. The van der Waals surface area contributed by atoms with Gasteiger partial charge in [0.25, 0.3) is 6.47 Å². The van der Waals surface area contributed by atoms with Gasteiger partial charge in [-0.3, -0.25) is 4.79 Å². The van der Waals surface area contributed by atoms with Crippen molar-refractivity contribution in [1.29, 1.82) is 0 Å². The lowest BCUT2D eigenvalue weighted by molar-refractivity contribution is -0.128. The molecule has 0 aliphatic carbocycles. The summed E-state index contributed by atoms with van der Waals surface area (Å²) < 4.78 is 4.41. The third kappa shape index (κ3) is 6.95. The van der Waals surface area contributed by atoms with Crippen LogP contribution in [0.3, 0.4) is 0 Å². The summed E-state index contributed by atoms with van der Waals surface area (Å²) in [5.41, 5.74) is 0. The van der Waals surface area contributed by atoms with Gasteiger partial charge in [0.15, 0.2) is 0 Å². The summed E-state index contributed by atoms with van der Waals surface area (Å²) in [5.74, 6) is 0. The number of ether oxygens (including phenoxy) is 1. The van der Waals surface area contributed by atoms with Crippen molar-refractivity contribution in [3.8, 4) is 0 Å². The molecule has 0 aromatic rings. The second-order valence-electron chi connectivity index (χ2n) is 1.42. The quantitative estimate of drug-likeness (QED) is 0.315. The normalized spacial score (nSPS) is 9.33. The Morgan fingerprint density at radius 1 is 1.56 bits per heavy atom. The highest BCUT2D eigenvalue weighted by Gasteiger charge is 1.76. The van der Waals surface area contributed by atoms with Gasteiger partial charge in [0.1, 0.15) is 0 Å². The lowest BCUT2D eigenvalue weighted by Crippen LogP contribution is -1.87. The van der Waals surface area contributed by atoms with Crippen LogP contribution in [0.5, 0.6) is 0 Å². The Kier molecular flexibility index (Phi) is 6.14. The van der Waals surface area contributed by atoms with E-state index < -0.39 is 0 Å². The Morgan fingerprint density at radius 2 is 2.33 bits per heavy atom. The van der Waals surface area contributed by atoms with Crippen LogP contribution in [0.1, 0.15) is 6.42 Å². The summed E-state index contributed by atoms with van der Waals surface area (Å²) in [6, 6.07) is 0. The first kappa shape index (κ1) is 7.95. The van der Waals surface area contributed by atoms with Crippen molar-refractivity contribution in [2.75, 3.05) is 6.61 Å². The van der Waals surface area contributed by atoms with Crippen LogP contribution in [0.15, 0.2) is 24.8 Å². The highest BCUT2D eigenvalue weighted by atomic mass is 16.5. The minimum Gasteiger partial charge on any atom is -0.468 e. The third-order valence-electron chi connectivity index (χ3n) is 0.743. The minimum atomic E-state index is 0.446. The molecule has 2 nitrogen and oxygen atoms in total. The van der Waals surface area contributed by atoms with E-state index in [0.717, 1.165) is 6.42 Å². The second kappa shape index (κ2) is 6.95. The average Bonchev–Trinajstić information content (AvgIpc) is 1.89. The van der Waals surface area contributed by atoms with Gasteiger partial charge in [-0.15, -0.1) is 0 Å². The van der Waals surface area contributed by atoms with Gasteiger partial charge >= 0.3 is 0 Å². The molecule has 9 heavy (non-hydrogen) atoms. The highest BCUT2D eigenvalue weighted by molar-refractivity contribution is 5.36. The smallest absolute Gasteiger partial charge is 0.293 e. The number of hydrogen-bond donors (Lipinski definition) is 0. The van der Waals surface area contributed by atoms with E-state index in [1.54, 1.807) is 6.08 Å². The number of hydrogen-bond acceptors (Lipinski definition) is 2. The van der Waals surface area contributed by atoms with E-state index in [4.69, 9.17) is 0 Å². The van der Waals surface area contributed by atoms with Gasteiger partial charge in [-0.1, -0.05) is 24.8 Å². The van der Waals surface area contributed by atoms with Gasteiger partial charge < -0.3 is 4.74 Å². The zero-order chi connectivity index (χ0) is 6.95. The Balaban J connectivity index is 2.98. The molecule has 0 N–H and O–H groups in total. The molecular weight excluding hydrogens is 116 g/mol. The first-order valence-corrected chi connectivity index (χ1v) is 2.74. The molecule has 0 spiro atoms. The fraction of sp³-hybridized carbons (Fsp3) is 0.286. The molecule has 0 radical (unpaired) electrons. The van der Waals surface area contributed by atoms with E-state index in [1.807, 2.05) is 12.2 Å². The van der Waals surface area contributed by atoms with Crippen molar-refractivity contribution in [2.45, 2.75) is 6.42 Å². The van der Waals surface area contributed by atoms with Gasteiger partial charge in [0, 0.05) is 0 Å². The Bertz CT molecular complexity index is 105. The van der Waals surface area contributed by atoms with Crippen molar-refractivity contribution >= 4 is 6.47 Å². The van der Waals surface area contributed by atoms with Crippen LogP contribution in [0.25, 0.3) is 0 Å². The molecule has 0 aliphatic heterocycles. The number of allylic oxidation sites excluding steroid dienone is 2. The van der Waals surface area contributed by atoms with Crippen molar-refractivity contribution in [3.63, 3.8) is 0 Å². The molecule has 50 valence electrons. The lowest BCUT2D eigenvalue weighted by Gasteiger charge is -1.89. The Morgan fingerprint density at radius 3 is 2.89 bits per heavy atom. The Hall–Kier alpha value is -1.05. The molecule has 0 aromatic carbocycles. The Labute approximate surface area is 54.8 Å². The molecule has 0 atom stereocenters. The molecule has 0 heterocycles. The molecule has 0 fully saturated rings. The molecule has 0 rings (SSSR count). The largest absolute Gasteiger partial charge is 0.468 e. The molecule has 0 aromatic heterocycles. The topological polar surface area (TPSA) is 26.3 Å². The standard InChI is InChI=1S/C7H10O2/c1-2-3-4-5-6-9-7-8/h2-4,7H,1,5-6H2. The molecule has 0 saturated carbocycles. The fourth-order valence-electron chi connectivity index (χ4n) is 0.377. The SMILES string of the molecule is C=CC=CCCOC=O.